The number of ether oxygens (including phenoxy) is 2. The van der Waals surface area contributed by atoms with E-state index in [4.69, 9.17) is 9.47 Å². The van der Waals surface area contributed by atoms with Crippen molar-refractivity contribution in [1.29, 1.82) is 0 Å². The highest BCUT2D eigenvalue weighted by Gasteiger charge is 2.25. The topological polar surface area (TPSA) is 62.2 Å². The van der Waals surface area contributed by atoms with Gasteiger partial charge in [0.25, 0.3) is 0 Å². The number of benzene rings is 3. The van der Waals surface area contributed by atoms with Crippen molar-refractivity contribution in [3.63, 3.8) is 0 Å². The van der Waals surface area contributed by atoms with Crippen LogP contribution in [0.4, 0.5) is 5.69 Å². The molecule has 0 bridgehead atoms. The van der Waals surface area contributed by atoms with Crippen LogP contribution in [0.3, 0.4) is 0 Å². The summed E-state index contributed by atoms with van der Waals surface area (Å²) in [6.45, 7) is 3.34. The van der Waals surface area contributed by atoms with Crippen LogP contribution in [-0.2, 0) is 0 Å². The number of ketones is 1. The number of aromatic hydroxyl groups is 1. The van der Waals surface area contributed by atoms with Gasteiger partial charge in [0.15, 0.2) is 5.78 Å². The third kappa shape index (κ3) is 5.03. The van der Waals surface area contributed by atoms with Crippen LogP contribution in [-0.4, -0.2) is 64.2 Å². The molecule has 0 fully saturated rings. The van der Waals surface area contributed by atoms with Crippen molar-refractivity contribution >= 4 is 32.9 Å². The molecule has 0 radical (unpaired) electrons. The number of carbonyl (C=O) groups is 1. The van der Waals surface area contributed by atoms with E-state index in [1.54, 1.807) is 19.2 Å². The molecule has 0 aliphatic carbocycles. The molecule has 1 N–H and O–H groups in total. The third-order valence-corrected chi connectivity index (χ3v) is 7.34. The number of hydrogen-bond acceptors (Lipinski definition) is 7. The van der Waals surface area contributed by atoms with Gasteiger partial charge in [-0.15, -0.1) is 11.3 Å². The Hall–Kier alpha value is -3.55. The first-order chi connectivity index (χ1) is 17.2. The number of carbonyl (C=O) groups excluding carboxylic acids is 1. The maximum Gasteiger partial charge on any atom is 0.195 e. The molecule has 7 heteroatoms. The monoisotopic (exact) mass is 504 g/mol. The second-order valence-corrected chi connectivity index (χ2v) is 10.2. The van der Waals surface area contributed by atoms with E-state index in [1.165, 1.54) is 11.3 Å². The van der Waals surface area contributed by atoms with Crippen LogP contribution >= 0.6 is 11.3 Å². The number of methoxy groups -OCH3 is 1. The van der Waals surface area contributed by atoms with Crippen molar-refractivity contribution in [3.05, 3.63) is 71.3 Å². The zero-order valence-corrected chi connectivity index (χ0v) is 22.4. The van der Waals surface area contributed by atoms with E-state index in [0.29, 0.717) is 23.5 Å². The van der Waals surface area contributed by atoms with Crippen molar-refractivity contribution in [2.24, 2.45) is 0 Å². The highest BCUT2D eigenvalue weighted by Crippen LogP contribution is 2.43. The molecule has 0 amide bonds. The van der Waals surface area contributed by atoms with Crippen molar-refractivity contribution < 1.29 is 19.4 Å². The number of phenolic OH excluding ortho intramolecular Hbond substituents is 1. The minimum atomic E-state index is -0.0747. The number of nitrogens with zero attached hydrogens (tertiary/aromatic N) is 2. The smallest absolute Gasteiger partial charge is 0.195 e. The van der Waals surface area contributed by atoms with Gasteiger partial charge in [0, 0.05) is 52.3 Å². The summed E-state index contributed by atoms with van der Waals surface area (Å²) in [5.74, 6) is 1.57. The number of hydrogen-bond donors (Lipinski definition) is 1. The highest BCUT2D eigenvalue weighted by molar-refractivity contribution is 7.22. The van der Waals surface area contributed by atoms with Gasteiger partial charge in [0.2, 0.25) is 0 Å². The first-order valence-electron chi connectivity index (χ1n) is 11.7. The Morgan fingerprint density at radius 2 is 1.72 bits per heavy atom. The summed E-state index contributed by atoms with van der Waals surface area (Å²) in [4.78, 5) is 19.0. The first kappa shape index (κ1) is 25.5. The Bertz CT molecular complexity index is 1390. The molecule has 0 unspecified atom stereocenters. The van der Waals surface area contributed by atoms with E-state index >= 15 is 0 Å². The van der Waals surface area contributed by atoms with Gasteiger partial charge in [-0.3, -0.25) is 4.79 Å². The summed E-state index contributed by atoms with van der Waals surface area (Å²) >= 11 is 1.50. The fraction of sp³-hybridized carbons (Fsp3) is 0.276. The van der Waals surface area contributed by atoms with E-state index in [0.717, 1.165) is 44.1 Å². The largest absolute Gasteiger partial charge is 0.508 e. The van der Waals surface area contributed by atoms with E-state index < -0.39 is 0 Å². The molecule has 6 nitrogen and oxygen atoms in total. The van der Waals surface area contributed by atoms with Crippen LogP contribution in [0, 0.1) is 6.92 Å². The molecule has 36 heavy (non-hydrogen) atoms. The second-order valence-electron chi connectivity index (χ2n) is 9.18. The van der Waals surface area contributed by atoms with Gasteiger partial charge in [-0.25, -0.2) is 0 Å². The number of rotatable bonds is 9. The van der Waals surface area contributed by atoms with Gasteiger partial charge in [-0.1, -0.05) is 0 Å². The SMILES string of the molecule is COc1c(N(C)C)ccc(C(=O)c2c(-c3ccc(OCCN(C)C)cc3)sc3cc(O)ccc23)c1C. The standard InChI is InChI=1S/C29H32N2O4S/c1-18-22(13-14-24(31(4)5)28(18)34-6)27(33)26-23-12-9-20(32)17-25(23)36-29(26)19-7-10-21(11-8-19)35-16-15-30(2)3/h7-14,17,32H,15-16H2,1-6H3. The molecular weight excluding hydrogens is 472 g/mol. The van der Waals surface area contributed by atoms with Crippen molar-refractivity contribution in [2.75, 3.05) is 53.4 Å². The lowest BCUT2D eigenvalue weighted by Gasteiger charge is -2.20. The average Bonchev–Trinajstić information content (AvgIpc) is 3.22. The third-order valence-electron chi connectivity index (χ3n) is 6.14. The Balaban J connectivity index is 1.80. The summed E-state index contributed by atoms with van der Waals surface area (Å²) in [6, 6.07) is 16.8. The fourth-order valence-corrected chi connectivity index (χ4v) is 5.47. The maximum atomic E-state index is 14.1. The van der Waals surface area contributed by atoms with Gasteiger partial charge in [0.1, 0.15) is 23.9 Å². The average molecular weight is 505 g/mol. The molecular formula is C29H32N2O4S. The number of phenols is 1. The zero-order chi connectivity index (χ0) is 26.0. The summed E-state index contributed by atoms with van der Waals surface area (Å²) in [5.41, 5.74) is 3.85. The van der Waals surface area contributed by atoms with E-state index in [1.807, 2.05) is 82.5 Å². The van der Waals surface area contributed by atoms with Crippen LogP contribution in [0.2, 0.25) is 0 Å². The molecule has 0 spiro atoms. The van der Waals surface area contributed by atoms with E-state index in [9.17, 15) is 9.90 Å². The molecule has 4 rings (SSSR count). The number of thiophene rings is 1. The van der Waals surface area contributed by atoms with Crippen LogP contribution in [0.1, 0.15) is 21.5 Å². The van der Waals surface area contributed by atoms with Gasteiger partial charge in [-0.05, 0) is 81.2 Å². The van der Waals surface area contributed by atoms with Crippen LogP contribution < -0.4 is 14.4 Å². The predicted molar refractivity (Wildman–Crippen MR) is 148 cm³/mol. The van der Waals surface area contributed by atoms with Gasteiger partial charge in [-0.2, -0.15) is 0 Å². The van der Waals surface area contributed by atoms with Gasteiger partial charge < -0.3 is 24.4 Å². The molecule has 3 aromatic carbocycles. The molecule has 0 saturated heterocycles. The molecule has 0 atom stereocenters. The Kier molecular flexibility index (Phi) is 7.52. The molecule has 1 aromatic heterocycles. The Morgan fingerprint density at radius 1 is 1.00 bits per heavy atom. The minimum Gasteiger partial charge on any atom is -0.508 e. The Labute approximate surface area is 216 Å². The van der Waals surface area contributed by atoms with Crippen LogP contribution in [0.25, 0.3) is 20.5 Å². The van der Waals surface area contributed by atoms with Crippen molar-refractivity contribution in [2.45, 2.75) is 6.92 Å². The lowest BCUT2D eigenvalue weighted by Crippen LogP contribution is -2.19. The lowest BCUT2D eigenvalue weighted by atomic mass is 9.94. The molecule has 0 aliphatic rings. The number of anilines is 1. The zero-order valence-electron chi connectivity index (χ0n) is 21.6. The number of likely N-dealkylation sites (N-methyl/N-ethyl adjacent to an activating group) is 1. The normalized spacial score (nSPS) is 11.2. The lowest BCUT2D eigenvalue weighted by molar-refractivity contribution is 0.104. The molecule has 0 aliphatic heterocycles. The molecule has 1 heterocycles. The quantitative estimate of drug-likeness (QED) is 0.290. The summed E-state index contributed by atoms with van der Waals surface area (Å²) in [7, 11) is 9.54. The van der Waals surface area contributed by atoms with Gasteiger partial charge in [0.05, 0.1) is 12.8 Å². The van der Waals surface area contributed by atoms with Crippen molar-refractivity contribution in [1.82, 2.24) is 4.90 Å². The Morgan fingerprint density at radius 3 is 2.36 bits per heavy atom. The maximum absolute atomic E-state index is 14.1. The molecule has 4 aromatic rings. The highest BCUT2D eigenvalue weighted by atomic mass is 32.1. The first-order valence-corrected chi connectivity index (χ1v) is 12.6. The van der Waals surface area contributed by atoms with Crippen LogP contribution in [0.15, 0.2) is 54.6 Å². The van der Waals surface area contributed by atoms with E-state index in [-0.39, 0.29) is 11.5 Å². The predicted octanol–water partition coefficient (Wildman–Crippen LogP) is 5.83. The summed E-state index contributed by atoms with van der Waals surface area (Å²) in [6.07, 6.45) is 0. The van der Waals surface area contributed by atoms with E-state index in [2.05, 4.69) is 4.90 Å². The van der Waals surface area contributed by atoms with Crippen molar-refractivity contribution in [3.8, 4) is 27.7 Å². The second kappa shape index (κ2) is 10.6. The molecule has 188 valence electrons. The van der Waals surface area contributed by atoms with Gasteiger partial charge >= 0.3 is 0 Å². The fourth-order valence-electron chi connectivity index (χ4n) is 4.23. The summed E-state index contributed by atoms with van der Waals surface area (Å²) < 4.78 is 12.4. The molecule has 0 saturated carbocycles. The summed E-state index contributed by atoms with van der Waals surface area (Å²) in [5, 5.41) is 10.9. The van der Waals surface area contributed by atoms with Crippen LogP contribution in [0.5, 0.6) is 17.2 Å². The number of fused-ring (bicyclic) bond motifs is 1. The minimum absolute atomic E-state index is 0.0747.